The van der Waals surface area contributed by atoms with E-state index in [2.05, 4.69) is 34.9 Å². The molecule has 0 spiro atoms. The number of hydrogen-bond donors (Lipinski definition) is 0. The van der Waals surface area contributed by atoms with Crippen LogP contribution in [0, 0.1) is 6.92 Å². The van der Waals surface area contributed by atoms with E-state index < -0.39 is 0 Å². The minimum Gasteiger partial charge on any atom is -0.495 e. The first-order chi connectivity index (χ1) is 14.2. The fourth-order valence-electron chi connectivity index (χ4n) is 3.65. The summed E-state index contributed by atoms with van der Waals surface area (Å²) in [5, 5.41) is 2.13. The third-order valence-corrected chi connectivity index (χ3v) is 7.46. The van der Waals surface area contributed by atoms with Crippen LogP contribution in [0.3, 0.4) is 0 Å². The highest BCUT2D eigenvalue weighted by molar-refractivity contribution is 7.22. The Balaban J connectivity index is 1.37. The van der Waals surface area contributed by atoms with Gasteiger partial charge in [0.25, 0.3) is 0 Å². The third kappa shape index (κ3) is 3.26. The molecule has 1 aliphatic rings. The van der Waals surface area contributed by atoms with E-state index in [1.54, 1.807) is 36.9 Å². The van der Waals surface area contributed by atoms with Gasteiger partial charge in [-0.3, -0.25) is 0 Å². The van der Waals surface area contributed by atoms with Gasteiger partial charge in [-0.2, -0.15) is 0 Å². The molecule has 5 rings (SSSR count). The quantitative estimate of drug-likeness (QED) is 0.477. The molecule has 1 aliphatic heterocycles. The van der Waals surface area contributed by atoms with Gasteiger partial charge in [-0.05, 0) is 36.8 Å². The van der Waals surface area contributed by atoms with E-state index in [4.69, 9.17) is 19.4 Å². The maximum atomic E-state index is 5.52. The van der Waals surface area contributed by atoms with Crippen LogP contribution in [0.15, 0.2) is 30.3 Å². The number of aromatic nitrogens is 2. The summed E-state index contributed by atoms with van der Waals surface area (Å²) in [6.07, 6.45) is 0. The highest BCUT2D eigenvalue weighted by atomic mass is 32.1. The number of hydrogen-bond acceptors (Lipinski definition) is 8. The number of aryl methyl sites for hydroxylation is 1. The average Bonchev–Trinajstić information content (AvgIpc) is 3.37. The van der Waals surface area contributed by atoms with Crippen LogP contribution in [0.5, 0.6) is 11.5 Å². The summed E-state index contributed by atoms with van der Waals surface area (Å²) < 4.78 is 13.3. The number of thiazole rings is 2. The number of benzene rings is 2. The lowest BCUT2D eigenvalue weighted by atomic mass is 10.2. The van der Waals surface area contributed by atoms with Gasteiger partial charge in [0.2, 0.25) is 0 Å². The largest absolute Gasteiger partial charge is 0.495 e. The van der Waals surface area contributed by atoms with Gasteiger partial charge in [-0.15, -0.1) is 0 Å². The van der Waals surface area contributed by atoms with E-state index in [-0.39, 0.29) is 0 Å². The van der Waals surface area contributed by atoms with Crippen LogP contribution >= 0.6 is 22.7 Å². The summed E-state index contributed by atoms with van der Waals surface area (Å²) in [6.45, 7) is 5.82. The molecule has 6 nitrogen and oxygen atoms in total. The molecule has 0 bridgehead atoms. The normalized spacial score (nSPS) is 14.7. The first-order valence-electron chi connectivity index (χ1n) is 9.55. The van der Waals surface area contributed by atoms with Crippen LogP contribution in [-0.2, 0) is 0 Å². The van der Waals surface area contributed by atoms with Crippen molar-refractivity contribution in [1.29, 1.82) is 0 Å². The zero-order valence-corrected chi connectivity index (χ0v) is 18.3. The topological polar surface area (TPSA) is 50.7 Å². The minimum absolute atomic E-state index is 0.784. The highest BCUT2D eigenvalue weighted by Crippen LogP contribution is 2.40. The Morgan fingerprint density at radius 1 is 0.828 bits per heavy atom. The number of anilines is 2. The maximum absolute atomic E-state index is 5.52. The van der Waals surface area contributed by atoms with Crippen molar-refractivity contribution in [3.8, 4) is 11.5 Å². The van der Waals surface area contributed by atoms with Gasteiger partial charge in [0, 0.05) is 26.2 Å². The van der Waals surface area contributed by atoms with Crippen molar-refractivity contribution in [1.82, 2.24) is 9.97 Å². The summed E-state index contributed by atoms with van der Waals surface area (Å²) in [7, 11) is 3.37. The number of methoxy groups -OCH3 is 2. The predicted molar refractivity (Wildman–Crippen MR) is 122 cm³/mol. The molecule has 150 valence electrons. The molecule has 0 aliphatic carbocycles. The Bertz CT molecular complexity index is 1140. The Morgan fingerprint density at radius 3 is 2.17 bits per heavy atom. The summed E-state index contributed by atoms with van der Waals surface area (Å²) in [5.41, 5.74) is 3.23. The maximum Gasteiger partial charge on any atom is 0.186 e. The summed E-state index contributed by atoms with van der Waals surface area (Å²) in [5.74, 6) is 1.62. The average molecular weight is 427 g/mol. The van der Waals surface area contributed by atoms with Crippen molar-refractivity contribution in [3.05, 3.63) is 35.9 Å². The Morgan fingerprint density at radius 2 is 1.48 bits per heavy atom. The number of rotatable bonds is 4. The number of fused-ring (bicyclic) bond motifs is 2. The van der Waals surface area contributed by atoms with Crippen molar-refractivity contribution in [2.45, 2.75) is 6.92 Å². The molecular weight excluding hydrogens is 404 g/mol. The standard InChI is InChI=1S/C21H22N4O2S2/c1-13-4-5-14-17(12-13)28-20(22-14)24-8-10-25(11-9-24)21-23-18-15(26-2)6-7-16(27-3)19(18)29-21/h4-7,12H,8-11H2,1-3H3. The second kappa shape index (κ2) is 7.35. The van der Waals surface area contributed by atoms with Gasteiger partial charge in [0.05, 0.1) is 24.4 Å². The molecular formula is C21H22N4O2S2. The number of nitrogens with zero attached hydrogens (tertiary/aromatic N) is 4. The molecule has 3 heterocycles. The zero-order chi connectivity index (χ0) is 20.0. The lowest BCUT2D eigenvalue weighted by molar-refractivity contribution is 0.410. The van der Waals surface area contributed by atoms with E-state index in [1.165, 1.54) is 10.3 Å². The lowest BCUT2D eigenvalue weighted by Gasteiger charge is -2.34. The van der Waals surface area contributed by atoms with Gasteiger partial charge < -0.3 is 19.3 Å². The second-order valence-corrected chi connectivity index (χ2v) is 9.07. The molecule has 0 atom stereocenters. The van der Waals surface area contributed by atoms with Crippen molar-refractivity contribution >= 4 is 53.4 Å². The molecule has 1 saturated heterocycles. The molecule has 0 saturated carbocycles. The minimum atomic E-state index is 0.784. The van der Waals surface area contributed by atoms with Crippen molar-refractivity contribution in [2.24, 2.45) is 0 Å². The molecule has 8 heteroatoms. The van der Waals surface area contributed by atoms with Crippen LogP contribution in [0.25, 0.3) is 20.4 Å². The zero-order valence-electron chi connectivity index (χ0n) is 16.6. The Kier molecular flexibility index (Phi) is 4.67. The van der Waals surface area contributed by atoms with E-state index >= 15 is 0 Å². The van der Waals surface area contributed by atoms with E-state index in [1.807, 2.05) is 12.1 Å². The van der Waals surface area contributed by atoms with Gasteiger partial charge in [0.15, 0.2) is 10.3 Å². The molecule has 2 aromatic heterocycles. The molecule has 0 radical (unpaired) electrons. The summed E-state index contributed by atoms with van der Waals surface area (Å²) in [4.78, 5) is 14.4. The number of piperazine rings is 1. The fourth-order valence-corrected chi connectivity index (χ4v) is 5.90. The van der Waals surface area contributed by atoms with Crippen LogP contribution < -0.4 is 19.3 Å². The van der Waals surface area contributed by atoms with Crippen LogP contribution in [0.1, 0.15) is 5.56 Å². The van der Waals surface area contributed by atoms with Crippen molar-refractivity contribution in [3.63, 3.8) is 0 Å². The first-order valence-corrected chi connectivity index (χ1v) is 11.2. The van der Waals surface area contributed by atoms with Gasteiger partial charge >= 0.3 is 0 Å². The lowest BCUT2D eigenvalue weighted by Crippen LogP contribution is -2.46. The van der Waals surface area contributed by atoms with E-state index in [9.17, 15) is 0 Å². The molecule has 1 fully saturated rings. The van der Waals surface area contributed by atoms with Crippen molar-refractivity contribution in [2.75, 3.05) is 50.2 Å². The second-order valence-electron chi connectivity index (χ2n) is 7.09. The molecule has 0 N–H and O–H groups in total. The Hall–Kier alpha value is -2.58. The molecule has 29 heavy (non-hydrogen) atoms. The van der Waals surface area contributed by atoms with Crippen molar-refractivity contribution < 1.29 is 9.47 Å². The smallest absolute Gasteiger partial charge is 0.186 e. The third-order valence-electron chi connectivity index (χ3n) is 5.25. The molecule has 2 aromatic carbocycles. The first kappa shape index (κ1) is 18.4. The van der Waals surface area contributed by atoms with Crippen LogP contribution in [0.4, 0.5) is 10.3 Å². The molecule has 4 aromatic rings. The highest BCUT2D eigenvalue weighted by Gasteiger charge is 2.23. The van der Waals surface area contributed by atoms with E-state index in [0.29, 0.717) is 0 Å². The van der Waals surface area contributed by atoms with Gasteiger partial charge in [0.1, 0.15) is 21.7 Å². The molecule has 0 amide bonds. The van der Waals surface area contributed by atoms with Gasteiger partial charge in [-0.1, -0.05) is 28.7 Å². The SMILES string of the molecule is COc1ccc(OC)c2sc(N3CCN(c4nc5ccc(C)cc5s4)CC3)nc12. The predicted octanol–water partition coefficient (Wildman–Crippen LogP) is 4.56. The summed E-state index contributed by atoms with van der Waals surface area (Å²) in [6, 6.07) is 10.3. The summed E-state index contributed by atoms with van der Waals surface area (Å²) >= 11 is 3.44. The fraction of sp³-hybridized carbons (Fsp3) is 0.333. The van der Waals surface area contributed by atoms with E-state index in [0.717, 1.165) is 63.7 Å². The number of ether oxygens (including phenoxy) is 2. The van der Waals surface area contributed by atoms with Crippen LogP contribution in [-0.4, -0.2) is 50.4 Å². The monoisotopic (exact) mass is 426 g/mol. The van der Waals surface area contributed by atoms with Crippen LogP contribution in [0.2, 0.25) is 0 Å². The van der Waals surface area contributed by atoms with Gasteiger partial charge in [-0.25, -0.2) is 9.97 Å². The molecule has 0 unspecified atom stereocenters. The Labute approximate surface area is 177 Å².